The fourth-order valence-electron chi connectivity index (χ4n) is 7.98. The minimum absolute atomic E-state index is 0.569. The molecule has 0 saturated carbocycles. The molecule has 0 saturated heterocycles. The summed E-state index contributed by atoms with van der Waals surface area (Å²) in [5, 5.41) is 4.66. The zero-order valence-corrected chi connectivity index (χ0v) is 30.0. The van der Waals surface area contributed by atoms with Gasteiger partial charge in [0.1, 0.15) is 27.2 Å². The number of aromatic nitrogens is 2. The quantitative estimate of drug-likeness (QED) is 0.126. The zero-order valence-electron chi connectivity index (χ0n) is 27.2. The van der Waals surface area contributed by atoms with Crippen molar-refractivity contribution in [1.29, 1.82) is 0 Å². The molecule has 1 aromatic heterocycles. The Hall–Kier alpha value is -2.45. The first kappa shape index (κ1) is 31.5. The molecule has 0 aliphatic carbocycles. The SMILES string of the molecule is CC(C)[Si](C#Cc1c2ccccc2c(C#C[Si](C(C)C)(C(C)C)C(C)C)c2c1ccc1nsnc12)(C(C)C)C(C)C. The molecule has 0 amide bonds. The summed E-state index contributed by atoms with van der Waals surface area (Å²) in [7, 11) is -3.87. The molecule has 2 nitrogen and oxygen atoms in total. The molecule has 0 N–H and O–H groups in total. The summed E-state index contributed by atoms with van der Waals surface area (Å²) >= 11 is 1.29. The summed E-state index contributed by atoms with van der Waals surface area (Å²) in [6.45, 7) is 28.6. The molecule has 1 heterocycles. The lowest BCUT2D eigenvalue weighted by Gasteiger charge is -2.38. The number of benzene rings is 3. The van der Waals surface area contributed by atoms with E-state index >= 15 is 0 Å². The molecule has 0 atom stereocenters. The van der Waals surface area contributed by atoms with E-state index in [0.29, 0.717) is 33.2 Å². The molecule has 0 unspecified atom stereocenters. The molecule has 5 heteroatoms. The Morgan fingerprint density at radius 1 is 0.537 bits per heavy atom. The second-order valence-corrected chi connectivity index (χ2v) is 25.4. The fraction of sp³-hybridized carbons (Fsp3) is 0.500. The van der Waals surface area contributed by atoms with Gasteiger partial charge in [-0.3, -0.25) is 0 Å². The minimum atomic E-state index is -1.94. The van der Waals surface area contributed by atoms with Crippen molar-refractivity contribution >= 4 is 60.5 Å². The molecule has 0 spiro atoms. The average Bonchev–Trinajstić information content (AvgIpc) is 3.37. The fourth-order valence-corrected chi connectivity index (χ4v) is 18.9. The summed E-state index contributed by atoms with van der Waals surface area (Å²) in [6.07, 6.45) is 0. The third kappa shape index (κ3) is 5.20. The van der Waals surface area contributed by atoms with Crippen molar-refractivity contribution in [2.45, 2.75) is 116 Å². The molecule has 4 aromatic rings. The Balaban J connectivity index is 2.19. The van der Waals surface area contributed by atoms with Gasteiger partial charge in [0.25, 0.3) is 0 Å². The predicted molar refractivity (Wildman–Crippen MR) is 188 cm³/mol. The number of rotatable bonds is 6. The van der Waals surface area contributed by atoms with Crippen molar-refractivity contribution in [3.63, 3.8) is 0 Å². The van der Waals surface area contributed by atoms with E-state index in [0.717, 1.165) is 32.9 Å². The van der Waals surface area contributed by atoms with E-state index in [1.165, 1.54) is 22.5 Å². The molecule has 3 aromatic carbocycles. The highest BCUT2D eigenvalue weighted by Crippen LogP contribution is 2.43. The monoisotopic (exact) mass is 596 g/mol. The summed E-state index contributed by atoms with van der Waals surface area (Å²) in [4.78, 5) is 0. The maximum absolute atomic E-state index is 4.83. The minimum Gasteiger partial charge on any atom is -0.173 e. The highest BCUT2D eigenvalue weighted by Gasteiger charge is 2.42. The van der Waals surface area contributed by atoms with Crippen molar-refractivity contribution in [2.24, 2.45) is 0 Å². The Bertz CT molecular complexity index is 1640. The lowest BCUT2D eigenvalue weighted by Crippen LogP contribution is -2.43. The Labute approximate surface area is 255 Å². The number of hydrogen-bond donors (Lipinski definition) is 0. The van der Waals surface area contributed by atoms with Gasteiger partial charge >= 0.3 is 0 Å². The zero-order chi connectivity index (χ0) is 30.3. The molecule has 0 fully saturated rings. The van der Waals surface area contributed by atoms with E-state index in [-0.39, 0.29) is 0 Å². The van der Waals surface area contributed by atoms with Crippen molar-refractivity contribution < 1.29 is 0 Å². The summed E-state index contributed by atoms with van der Waals surface area (Å²) in [5.41, 5.74) is 15.6. The third-order valence-corrected chi connectivity index (χ3v) is 23.1. The van der Waals surface area contributed by atoms with Crippen LogP contribution in [0.15, 0.2) is 36.4 Å². The number of fused-ring (bicyclic) bond motifs is 4. The van der Waals surface area contributed by atoms with Crippen LogP contribution >= 0.6 is 11.7 Å². The molecule has 0 aliphatic heterocycles. The van der Waals surface area contributed by atoms with Crippen LogP contribution in [0, 0.1) is 22.9 Å². The lowest BCUT2D eigenvalue weighted by molar-refractivity contribution is 0.838. The molecule has 216 valence electrons. The van der Waals surface area contributed by atoms with Crippen LogP contribution in [0.1, 0.15) is 94.2 Å². The van der Waals surface area contributed by atoms with Gasteiger partial charge in [0.2, 0.25) is 0 Å². The van der Waals surface area contributed by atoms with E-state index < -0.39 is 16.1 Å². The smallest absolute Gasteiger partial charge is 0.146 e. The molecular weight excluding hydrogens is 549 g/mol. The van der Waals surface area contributed by atoms with Crippen molar-refractivity contribution in [3.05, 3.63) is 47.5 Å². The van der Waals surface area contributed by atoms with Crippen LogP contribution in [-0.2, 0) is 0 Å². The third-order valence-electron chi connectivity index (χ3n) is 9.95. The van der Waals surface area contributed by atoms with Gasteiger partial charge in [-0.1, -0.05) is 125 Å². The summed E-state index contributed by atoms with van der Waals surface area (Å²) in [6, 6.07) is 13.1. The molecular formula is C36H48N2SSi2. The van der Waals surface area contributed by atoms with Gasteiger partial charge in [-0.05, 0) is 50.1 Å². The van der Waals surface area contributed by atoms with Gasteiger partial charge in [0.05, 0.1) is 11.7 Å². The van der Waals surface area contributed by atoms with Crippen LogP contribution in [0.2, 0.25) is 33.2 Å². The molecule has 41 heavy (non-hydrogen) atoms. The van der Waals surface area contributed by atoms with Crippen molar-refractivity contribution in [1.82, 2.24) is 8.75 Å². The molecule has 0 bridgehead atoms. The van der Waals surface area contributed by atoms with Gasteiger partial charge in [-0.15, -0.1) is 11.1 Å². The first-order chi connectivity index (χ1) is 19.3. The van der Waals surface area contributed by atoms with Crippen molar-refractivity contribution in [3.8, 4) is 22.9 Å². The summed E-state index contributed by atoms with van der Waals surface area (Å²) < 4.78 is 9.46. The van der Waals surface area contributed by atoms with Gasteiger partial charge in [-0.2, -0.15) is 8.75 Å². The van der Waals surface area contributed by atoms with Crippen molar-refractivity contribution in [2.75, 3.05) is 0 Å². The first-order valence-electron chi connectivity index (χ1n) is 15.5. The van der Waals surface area contributed by atoms with Crippen LogP contribution in [0.5, 0.6) is 0 Å². The lowest BCUT2D eigenvalue weighted by atomic mass is 9.91. The second-order valence-electron chi connectivity index (χ2n) is 13.7. The number of hydrogen-bond acceptors (Lipinski definition) is 3. The summed E-state index contributed by atoms with van der Waals surface area (Å²) in [5.74, 6) is 7.72. The van der Waals surface area contributed by atoms with E-state index in [1.807, 2.05) is 0 Å². The van der Waals surface area contributed by atoms with Crippen LogP contribution < -0.4 is 0 Å². The van der Waals surface area contributed by atoms with Gasteiger partial charge in [0, 0.05) is 21.9 Å². The highest BCUT2D eigenvalue weighted by molar-refractivity contribution is 7.00. The Kier molecular flexibility index (Phi) is 9.25. The Morgan fingerprint density at radius 2 is 0.976 bits per heavy atom. The van der Waals surface area contributed by atoms with Crippen LogP contribution in [0.3, 0.4) is 0 Å². The van der Waals surface area contributed by atoms with Crippen LogP contribution in [0.4, 0.5) is 0 Å². The Morgan fingerprint density at radius 3 is 1.44 bits per heavy atom. The van der Waals surface area contributed by atoms with Gasteiger partial charge < -0.3 is 0 Å². The largest absolute Gasteiger partial charge is 0.173 e. The second kappa shape index (κ2) is 12.0. The molecule has 0 radical (unpaired) electrons. The van der Waals surface area contributed by atoms with Crippen LogP contribution in [0.25, 0.3) is 32.6 Å². The molecule has 0 aliphatic rings. The maximum atomic E-state index is 4.83. The standard InChI is InChI=1S/C36H48N2SSi2/c1-23(2)40(24(3)4,25(5)6)21-19-31-29-15-13-14-16-30(29)33(20-22-41(26(7)8,27(9)10)28(11)12)35-32(31)17-18-34-36(35)38-39-37-34/h13-18,23-28H,1-12H3. The maximum Gasteiger partial charge on any atom is 0.146 e. The predicted octanol–water partition coefficient (Wildman–Crippen LogP) is 11.1. The van der Waals surface area contributed by atoms with Gasteiger partial charge in [-0.25, -0.2) is 0 Å². The van der Waals surface area contributed by atoms with E-state index in [4.69, 9.17) is 4.37 Å². The number of nitrogens with zero attached hydrogens (tertiary/aromatic N) is 2. The average molecular weight is 597 g/mol. The van der Waals surface area contributed by atoms with Crippen LogP contribution in [-0.4, -0.2) is 24.9 Å². The normalized spacial score (nSPS) is 12.8. The molecule has 4 rings (SSSR count). The van der Waals surface area contributed by atoms with E-state index in [9.17, 15) is 0 Å². The van der Waals surface area contributed by atoms with E-state index in [2.05, 4.69) is 147 Å². The topological polar surface area (TPSA) is 25.8 Å². The first-order valence-corrected chi connectivity index (χ1v) is 20.7. The highest BCUT2D eigenvalue weighted by atomic mass is 32.1. The van der Waals surface area contributed by atoms with Gasteiger partial charge in [0.15, 0.2) is 0 Å². The van der Waals surface area contributed by atoms with E-state index in [1.54, 1.807) is 0 Å².